The molecule has 1 aromatic heterocycles. The summed E-state index contributed by atoms with van der Waals surface area (Å²) < 4.78 is 11.2. The Kier molecular flexibility index (Phi) is 5.58. The molecule has 23 heavy (non-hydrogen) atoms. The fourth-order valence-electron chi connectivity index (χ4n) is 3.38. The number of nitrogens with zero attached hydrogens (tertiary/aromatic N) is 3. The molecule has 2 aliphatic rings. The molecule has 0 amide bonds. The smallest absolute Gasteiger partial charge is 0.115 e. The summed E-state index contributed by atoms with van der Waals surface area (Å²) >= 11 is 0. The minimum absolute atomic E-state index is 0.211. The zero-order chi connectivity index (χ0) is 16.1. The SMILES string of the molecule is Cc1cc(CC[C@H]2CN(CC3(O)CCOCC3)CCO2)ncn1. The summed E-state index contributed by atoms with van der Waals surface area (Å²) in [6.07, 6.45) is 5.15. The number of aryl methyl sites for hydroxylation is 2. The largest absolute Gasteiger partial charge is 0.388 e. The second-order valence-corrected chi connectivity index (χ2v) is 6.75. The highest BCUT2D eigenvalue weighted by Crippen LogP contribution is 2.23. The van der Waals surface area contributed by atoms with Gasteiger partial charge in [-0.05, 0) is 25.8 Å². The highest BCUT2D eigenvalue weighted by molar-refractivity contribution is 5.06. The van der Waals surface area contributed by atoms with Gasteiger partial charge in [-0.3, -0.25) is 4.90 Å². The molecule has 0 aliphatic carbocycles. The Hall–Kier alpha value is -1.08. The van der Waals surface area contributed by atoms with Crippen LogP contribution in [0.5, 0.6) is 0 Å². The highest BCUT2D eigenvalue weighted by Gasteiger charge is 2.33. The Morgan fingerprint density at radius 3 is 2.91 bits per heavy atom. The van der Waals surface area contributed by atoms with E-state index < -0.39 is 5.60 Å². The molecule has 0 unspecified atom stereocenters. The molecule has 2 aliphatic heterocycles. The molecule has 1 aromatic rings. The third-order valence-corrected chi connectivity index (χ3v) is 4.75. The third kappa shape index (κ3) is 4.94. The lowest BCUT2D eigenvalue weighted by atomic mass is 9.93. The van der Waals surface area contributed by atoms with Crippen molar-refractivity contribution >= 4 is 0 Å². The van der Waals surface area contributed by atoms with E-state index in [0.29, 0.717) is 13.2 Å². The number of rotatable bonds is 5. The van der Waals surface area contributed by atoms with Gasteiger partial charge in [0.15, 0.2) is 0 Å². The van der Waals surface area contributed by atoms with Gasteiger partial charge in [0, 0.05) is 57.1 Å². The van der Waals surface area contributed by atoms with Crippen LogP contribution in [0.2, 0.25) is 0 Å². The van der Waals surface area contributed by atoms with Gasteiger partial charge < -0.3 is 14.6 Å². The maximum absolute atomic E-state index is 10.7. The van der Waals surface area contributed by atoms with Crippen molar-refractivity contribution in [3.63, 3.8) is 0 Å². The van der Waals surface area contributed by atoms with Crippen LogP contribution in [-0.4, -0.2) is 71.1 Å². The molecule has 6 nitrogen and oxygen atoms in total. The van der Waals surface area contributed by atoms with Gasteiger partial charge in [-0.1, -0.05) is 0 Å². The minimum atomic E-state index is -0.593. The van der Waals surface area contributed by atoms with Gasteiger partial charge in [0.1, 0.15) is 6.33 Å². The number of hydrogen-bond acceptors (Lipinski definition) is 6. The standard InChI is InChI=1S/C17H27N3O3/c1-14-10-15(19-13-18-14)2-3-16-11-20(6-9-23-16)12-17(21)4-7-22-8-5-17/h10,13,16,21H,2-9,11-12H2,1H3/t16-/m0/s1. The Morgan fingerprint density at radius 2 is 2.13 bits per heavy atom. The fourth-order valence-corrected chi connectivity index (χ4v) is 3.38. The molecule has 1 atom stereocenters. The van der Waals surface area contributed by atoms with Gasteiger partial charge in [0.25, 0.3) is 0 Å². The summed E-state index contributed by atoms with van der Waals surface area (Å²) in [5.41, 5.74) is 1.48. The summed E-state index contributed by atoms with van der Waals surface area (Å²) in [7, 11) is 0. The first kappa shape index (κ1) is 16.8. The number of hydrogen-bond donors (Lipinski definition) is 1. The highest BCUT2D eigenvalue weighted by atomic mass is 16.5. The van der Waals surface area contributed by atoms with Crippen LogP contribution < -0.4 is 0 Å². The van der Waals surface area contributed by atoms with Crippen molar-refractivity contribution in [3.05, 3.63) is 23.8 Å². The van der Waals surface area contributed by atoms with E-state index in [4.69, 9.17) is 9.47 Å². The van der Waals surface area contributed by atoms with Gasteiger partial charge in [-0.2, -0.15) is 0 Å². The first-order valence-corrected chi connectivity index (χ1v) is 8.55. The first-order valence-electron chi connectivity index (χ1n) is 8.55. The van der Waals surface area contributed by atoms with Gasteiger partial charge >= 0.3 is 0 Å². The average Bonchev–Trinajstić information content (AvgIpc) is 2.54. The summed E-state index contributed by atoms with van der Waals surface area (Å²) in [6, 6.07) is 2.03. The molecule has 6 heteroatoms. The lowest BCUT2D eigenvalue weighted by molar-refractivity contribution is -0.103. The van der Waals surface area contributed by atoms with E-state index in [1.807, 2.05) is 13.0 Å². The van der Waals surface area contributed by atoms with E-state index in [1.165, 1.54) is 0 Å². The predicted octanol–water partition coefficient (Wildman–Crippen LogP) is 0.960. The quantitative estimate of drug-likeness (QED) is 0.871. The topological polar surface area (TPSA) is 67.7 Å². The van der Waals surface area contributed by atoms with Crippen LogP contribution >= 0.6 is 0 Å². The van der Waals surface area contributed by atoms with Crippen molar-refractivity contribution in [1.82, 2.24) is 14.9 Å². The summed E-state index contributed by atoms with van der Waals surface area (Å²) in [4.78, 5) is 10.8. The Morgan fingerprint density at radius 1 is 1.30 bits per heavy atom. The Labute approximate surface area is 137 Å². The van der Waals surface area contributed by atoms with E-state index in [2.05, 4.69) is 14.9 Å². The van der Waals surface area contributed by atoms with E-state index in [9.17, 15) is 5.11 Å². The molecule has 3 heterocycles. The fraction of sp³-hybridized carbons (Fsp3) is 0.765. The van der Waals surface area contributed by atoms with Crippen molar-refractivity contribution in [2.24, 2.45) is 0 Å². The van der Waals surface area contributed by atoms with Crippen LogP contribution in [0.1, 0.15) is 30.7 Å². The van der Waals surface area contributed by atoms with Crippen LogP contribution in [0.15, 0.2) is 12.4 Å². The van der Waals surface area contributed by atoms with E-state index >= 15 is 0 Å². The molecule has 128 valence electrons. The molecule has 0 radical (unpaired) electrons. The molecular weight excluding hydrogens is 294 g/mol. The molecule has 2 saturated heterocycles. The minimum Gasteiger partial charge on any atom is -0.388 e. The molecular formula is C17H27N3O3. The van der Waals surface area contributed by atoms with Crippen molar-refractivity contribution in [2.45, 2.75) is 44.3 Å². The van der Waals surface area contributed by atoms with Gasteiger partial charge in [0.05, 0.1) is 18.3 Å². The van der Waals surface area contributed by atoms with Crippen LogP contribution in [0, 0.1) is 6.92 Å². The Balaban J connectivity index is 1.48. The average molecular weight is 321 g/mol. The van der Waals surface area contributed by atoms with Crippen molar-refractivity contribution in [3.8, 4) is 0 Å². The monoisotopic (exact) mass is 321 g/mol. The zero-order valence-corrected chi connectivity index (χ0v) is 13.9. The third-order valence-electron chi connectivity index (χ3n) is 4.75. The summed E-state index contributed by atoms with van der Waals surface area (Å²) in [5.74, 6) is 0. The second kappa shape index (κ2) is 7.66. The molecule has 0 aromatic carbocycles. The molecule has 0 spiro atoms. The second-order valence-electron chi connectivity index (χ2n) is 6.75. The van der Waals surface area contributed by atoms with Crippen molar-refractivity contribution in [2.75, 3.05) is 39.5 Å². The molecule has 1 N–H and O–H groups in total. The summed E-state index contributed by atoms with van der Waals surface area (Å²) in [6.45, 7) is 6.55. The number of ether oxygens (including phenoxy) is 2. The number of β-amino-alcohol motifs (C(OH)–C–C–N with tert-alkyl or cyclic N) is 1. The normalized spacial score (nSPS) is 25.4. The van der Waals surface area contributed by atoms with Crippen molar-refractivity contribution in [1.29, 1.82) is 0 Å². The van der Waals surface area contributed by atoms with Crippen LogP contribution in [0.3, 0.4) is 0 Å². The van der Waals surface area contributed by atoms with Crippen LogP contribution in [0.4, 0.5) is 0 Å². The first-order chi connectivity index (χ1) is 11.1. The lowest BCUT2D eigenvalue weighted by Gasteiger charge is -2.40. The van der Waals surface area contributed by atoms with E-state index in [1.54, 1.807) is 6.33 Å². The van der Waals surface area contributed by atoms with Gasteiger partial charge in [-0.15, -0.1) is 0 Å². The molecule has 0 saturated carbocycles. The molecule has 2 fully saturated rings. The number of aromatic nitrogens is 2. The maximum atomic E-state index is 10.7. The zero-order valence-electron chi connectivity index (χ0n) is 13.9. The van der Waals surface area contributed by atoms with Crippen LogP contribution in [0.25, 0.3) is 0 Å². The molecule has 3 rings (SSSR count). The summed E-state index contributed by atoms with van der Waals surface area (Å²) in [5, 5.41) is 10.7. The van der Waals surface area contributed by atoms with Crippen molar-refractivity contribution < 1.29 is 14.6 Å². The number of aliphatic hydroxyl groups is 1. The lowest BCUT2D eigenvalue weighted by Crippen LogP contribution is -2.52. The maximum Gasteiger partial charge on any atom is 0.115 e. The molecule has 0 bridgehead atoms. The van der Waals surface area contributed by atoms with Gasteiger partial charge in [-0.25, -0.2) is 9.97 Å². The van der Waals surface area contributed by atoms with E-state index in [0.717, 1.165) is 63.3 Å². The Bertz CT molecular complexity index is 506. The predicted molar refractivity (Wildman–Crippen MR) is 86.3 cm³/mol. The number of morpholine rings is 1. The van der Waals surface area contributed by atoms with Crippen LogP contribution in [-0.2, 0) is 15.9 Å². The van der Waals surface area contributed by atoms with E-state index in [-0.39, 0.29) is 6.10 Å². The van der Waals surface area contributed by atoms with Gasteiger partial charge in [0.2, 0.25) is 0 Å².